The SMILES string of the molecule is O=C(Nc1ccc(=O)[nH]n1)[C@@H]1CCCN(C(=O)c2ccc(F)cc2)C1. The zero-order valence-electron chi connectivity index (χ0n) is 13.4. The number of hydrogen-bond donors (Lipinski definition) is 2. The summed E-state index contributed by atoms with van der Waals surface area (Å²) in [5.41, 5.74) is 0.0384. The summed E-state index contributed by atoms with van der Waals surface area (Å²) >= 11 is 0. The fourth-order valence-electron chi connectivity index (χ4n) is 2.79. The van der Waals surface area contributed by atoms with E-state index in [4.69, 9.17) is 0 Å². The van der Waals surface area contributed by atoms with Crippen molar-refractivity contribution < 1.29 is 14.0 Å². The Hall–Kier alpha value is -3.03. The molecule has 2 aromatic rings. The summed E-state index contributed by atoms with van der Waals surface area (Å²) in [6, 6.07) is 8.04. The first-order valence-electron chi connectivity index (χ1n) is 7.94. The van der Waals surface area contributed by atoms with Gasteiger partial charge in [-0.15, -0.1) is 0 Å². The number of nitrogens with one attached hydrogen (secondary N) is 2. The molecule has 1 saturated heterocycles. The van der Waals surface area contributed by atoms with E-state index >= 15 is 0 Å². The quantitative estimate of drug-likeness (QED) is 0.880. The van der Waals surface area contributed by atoms with E-state index in [2.05, 4.69) is 15.5 Å². The van der Waals surface area contributed by atoms with Crippen molar-refractivity contribution in [1.29, 1.82) is 0 Å². The fraction of sp³-hybridized carbons (Fsp3) is 0.294. The van der Waals surface area contributed by atoms with E-state index in [0.717, 1.165) is 0 Å². The van der Waals surface area contributed by atoms with E-state index in [0.29, 0.717) is 24.9 Å². The van der Waals surface area contributed by atoms with Crippen molar-refractivity contribution in [3.05, 3.63) is 58.1 Å². The fourth-order valence-corrected chi connectivity index (χ4v) is 2.79. The number of rotatable bonds is 3. The summed E-state index contributed by atoms with van der Waals surface area (Å²) < 4.78 is 13.0. The molecule has 25 heavy (non-hydrogen) atoms. The van der Waals surface area contributed by atoms with Crippen LogP contribution in [0.4, 0.5) is 10.2 Å². The minimum Gasteiger partial charge on any atom is -0.338 e. The summed E-state index contributed by atoms with van der Waals surface area (Å²) in [4.78, 5) is 37.4. The van der Waals surface area contributed by atoms with Gasteiger partial charge in [-0.1, -0.05) is 0 Å². The van der Waals surface area contributed by atoms with Crippen LogP contribution in [0, 0.1) is 11.7 Å². The van der Waals surface area contributed by atoms with E-state index in [1.165, 1.54) is 36.4 Å². The highest BCUT2D eigenvalue weighted by Gasteiger charge is 2.29. The number of anilines is 1. The number of halogens is 1. The average Bonchev–Trinajstić information content (AvgIpc) is 2.64. The smallest absolute Gasteiger partial charge is 0.264 e. The highest BCUT2D eigenvalue weighted by molar-refractivity contribution is 5.96. The molecular weight excluding hydrogens is 327 g/mol. The van der Waals surface area contributed by atoms with Crippen LogP contribution in [0.5, 0.6) is 0 Å². The molecule has 1 aromatic heterocycles. The topological polar surface area (TPSA) is 95.2 Å². The Morgan fingerprint density at radius 1 is 1.20 bits per heavy atom. The summed E-state index contributed by atoms with van der Waals surface area (Å²) in [6.07, 6.45) is 1.35. The third-order valence-electron chi connectivity index (χ3n) is 4.10. The van der Waals surface area contributed by atoms with E-state index < -0.39 is 5.82 Å². The largest absolute Gasteiger partial charge is 0.338 e. The number of piperidine rings is 1. The predicted molar refractivity (Wildman–Crippen MR) is 88.5 cm³/mol. The lowest BCUT2D eigenvalue weighted by atomic mass is 9.96. The molecule has 3 rings (SSSR count). The van der Waals surface area contributed by atoms with Crippen LogP contribution in [0.1, 0.15) is 23.2 Å². The van der Waals surface area contributed by atoms with Gasteiger partial charge in [0.15, 0.2) is 5.82 Å². The van der Waals surface area contributed by atoms with Gasteiger partial charge in [0, 0.05) is 24.7 Å². The number of hydrogen-bond acceptors (Lipinski definition) is 4. The summed E-state index contributed by atoms with van der Waals surface area (Å²) in [7, 11) is 0. The molecule has 2 heterocycles. The molecule has 2 N–H and O–H groups in total. The molecule has 2 amide bonds. The molecular formula is C17H17FN4O3. The Bertz CT molecular complexity index is 814. The van der Waals surface area contributed by atoms with Crippen molar-refractivity contribution >= 4 is 17.6 Å². The van der Waals surface area contributed by atoms with Gasteiger partial charge in [0.05, 0.1) is 5.92 Å². The molecule has 0 saturated carbocycles. The molecule has 1 atom stereocenters. The van der Waals surface area contributed by atoms with Gasteiger partial charge in [0.1, 0.15) is 5.82 Å². The lowest BCUT2D eigenvalue weighted by molar-refractivity contribution is -0.121. The van der Waals surface area contributed by atoms with E-state index in [-0.39, 0.29) is 35.7 Å². The van der Waals surface area contributed by atoms with Crippen molar-refractivity contribution in [2.24, 2.45) is 5.92 Å². The molecule has 0 aliphatic carbocycles. The van der Waals surface area contributed by atoms with Gasteiger partial charge in [-0.2, -0.15) is 5.10 Å². The van der Waals surface area contributed by atoms with Crippen LogP contribution in [0.3, 0.4) is 0 Å². The van der Waals surface area contributed by atoms with Gasteiger partial charge in [0.25, 0.3) is 11.5 Å². The number of nitrogens with zero attached hydrogens (tertiary/aromatic N) is 2. The van der Waals surface area contributed by atoms with Crippen LogP contribution in [-0.2, 0) is 4.79 Å². The van der Waals surface area contributed by atoms with Crippen molar-refractivity contribution in [3.8, 4) is 0 Å². The number of benzene rings is 1. The highest BCUT2D eigenvalue weighted by Crippen LogP contribution is 2.20. The van der Waals surface area contributed by atoms with Crippen LogP contribution in [-0.4, -0.2) is 40.0 Å². The lowest BCUT2D eigenvalue weighted by Gasteiger charge is -2.32. The van der Waals surface area contributed by atoms with Crippen molar-refractivity contribution in [3.63, 3.8) is 0 Å². The Balaban J connectivity index is 1.64. The standard InChI is InChI=1S/C17H17FN4O3/c18-13-5-3-11(4-6-13)17(25)22-9-1-2-12(10-22)16(24)19-14-7-8-15(23)21-20-14/h3-8,12H,1-2,9-10H2,(H,21,23)(H,19,20,24)/t12-/m1/s1. The molecule has 1 aromatic carbocycles. The lowest BCUT2D eigenvalue weighted by Crippen LogP contribution is -2.43. The molecule has 0 radical (unpaired) electrons. The van der Waals surface area contributed by atoms with Crippen LogP contribution in [0.2, 0.25) is 0 Å². The maximum absolute atomic E-state index is 13.0. The Morgan fingerprint density at radius 3 is 2.64 bits per heavy atom. The Morgan fingerprint density at radius 2 is 1.96 bits per heavy atom. The molecule has 0 unspecified atom stereocenters. The van der Waals surface area contributed by atoms with Gasteiger partial charge in [-0.3, -0.25) is 14.4 Å². The van der Waals surface area contributed by atoms with Crippen LogP contribution in [0.15, 0.2) is 41.2 Å². The van der Waals surface area contributed by atoms with Crippen LogP contribution >= 0.6 is 0 Å². The predicted octanol–water partition coefficient (Wildman–Crippen LogP) is 1.40. The van der Waals surface area contributed by atoms with Crippen molar-refractivity contribution in [1.82, 2.24) is 15.1 Å². The number of aromatic nitrogens is 2. The third kappa shape index (κ3) is 4.09. The number of aromatic amines is 1. The van der Waals surface area contributed by atoms with E-state index in [1.54, 1.807) is 4.90 Å². The molecule has 0 bridgehead atoms. The van der Waals surface area contributed by atoms with E-state index in [9.17, 15) is 18.8 Å². The number of H-pyrrole nitrogens is 1. The first-order chi connectivity index (χ1) is 12.0. The van der Waals surface area contributed by atoms with Gasteiger partial charge < -0.3 is 10.2 Å². The first kappa shape index (κ1) is 16.8. The maximum Gasteiger partial charge on any atom is 0.264 e. The minimum absolute atomic E-state index is 0.223. The first-order valence-corrected chi connectivity index (χ1v) is 7.94. The van der Waals surface area contributed by atoms with Crippen LogP contribution in [0.25, 0.3) is 0 Å². The average molecular weight is 344 g/mol. The molecule has 1 aliphatic heterocycles. The molecule has 8 heteroatoms. The molecule has 0 spiro atoms. The zero-order valence-corrected chi connectivity index (χ0v) is 13.4. The van der Waals surface area contributed by atoms with Gasteiger partial charge in [-0.25, -0.2) is 9.49 Å². The van der Waals surface area contributed by atoms with Gasteiger partial charge in [0.2, 0.25) is 5.91 Å². The Labute approximate surface area is 142 Å². The second kappa shape index (κ2) is 7.25. The zero-order chi connectivity index (χ0) is 17.8. The number of carbonyl (C=O) groups excluding carboxylic acids is 2. The number of carbonyl (C=O) groups is 2. The number of amides is 2. The van der Waals surface area contributed by atoms with Crippen molar-refractivity contribution in [2.45, 2.75) is 12.8 Å². The summed E-state index contributed by atoms with van der Waals surface area (Å²) in [5, 5.41) is 8.62. The molecule has 1 fully saturated rings. The monoisotopic (exact) mass is 344 g/mol. The minimum atomic E-state index is -0.402. The van der Waals surface area contributed by atoms with E-state index in [1.807, 2.05) is 0 Å². The molecule has 7 nitrogen and oxygen atoms in total. The second-order valence-electron chi connectivity index (χ2n) is 5.89. The highest BCUT2D eigenvalue weighted by atomic mass is 19.1. The molecule has 1 aliphatic rings. The summed E-state index contributed by atoms with van der Waals surface area (Å²) in [5.74, 6) is -0.991. The van der Waals surface area contributed by atoms with Gasteiger partial charge in [-0.05, 0) is 43.2 Å². The Kier molecular flexibility index (Phi) is 4.87. The second-order valence-corrected chi connectivity index (χ2v) is 5.89. The van der Waals surface area contributed by atoms with Crippen molar-refractivity contribution in [2.75, 3.05) is 18.4 Å². The number of likely N-dealkylation sites (tertiary alicyclic amines) is 1. The normalized spacial score (nSPS) is 17.2. The van der Waals surface area contributed by atoms with Gasteiger partial charge >= 0.3 is 0 Å². The molecule has 130 valence electrons. The van der Waals surface area contributed by atoms with Crippen LogP contribution < -0.4 is 10.9 Å². The third-order valence-corrected chi connectivity index (χ3v) is 4.10. The maximum atomic E-state index is 13.0. The summed E-state index contributed by atoms with van der Waals surface area (Å²) in [6.45, 7) is 0.836.